The van der Waals surface area contributed by atoms with E-state index in [1.165, 1.54) is 5.56 Å². The van der Waals surface area contributed by atoms with Gasteiger partial charge in [-0.1, -0.05) is 133 Å². The third-order valence-corrected chi connectivity index (χ3v) is 6.79. The molecule has 0 spiro atoms. The van der Waals surface area contributed by atoms with E-state index in [4.69, 9.17) is 4.74 Å². The quantitative estimate of drug-likeness (QED) is 0.174. The van der Waals surface area contributed by atoms with E-state index in [1.54, 1.807) is 0 Å². The Morgan fingerprint density at radius 3 is 1.95 bits per heavy atom. The first kappa shape index (κ1) is 27.1. The van der Waals surface area contributed by atoms with Crippen LogP contribution >= 0.6 is 0 Å². The van der Waals surface area contributed by atoms with Crippen molar-refractivity contribution in [3.8, 4) is 0 Å². The molecule has 3 heteroatoms. The molecule has 0 fully saturated rings. The highest BCUT2D eigenvalue weighted by molar-refractivity contribution is 5.78. The molecule has 0 N–H and O–H groups in total. The summed E-state index contributed by atoms with van der Waals surface area (Å²) in [5.41, 5.74) is 4.57. The molecule has 4 rings (SSSR count). The third kappa shape index (κ3) is 8.29. The molecule has 0 saturated heterocycles. The van der Waals surface area contributed by atoms with Gasteiger partial charge in [0.25, 0.3) is 0 Å². The van der Waals surface area contributed by atoms with E-state index in [0.29, 0.717) is 26.1 Å². The standard InChI is InChI=1S/C35H37NO2/c1-29(33-20-12-5-13-21-33)36(35(37)25-23-31-16-8-3-9-17-31)34(24-22-30-14-6-2-7-15-30)26-27-38-28-32-18-10-4-11-19-32/h2-22,24,29,34H,23,25-28H2,1H3/b24-22+/t29-,34-/m1/s1. The maximum Gasteiger partial charge on any atom is 0.223 e. The number of amides is 1. The molecule has 2 atom stereocenters. The van der Waals surface area contributed by atoms with Gasteiger partial charge in [-0.15, -0.1) is 0 Å². The van der Waals surface area contributed by atoms with Gasteiger partial charge in [0.15, 0.2) is 0 Å². The van der Waals surface area contributed by atoms with Crippen molar-refractivity contribution in [3.63, 3.8) is 0 Å². The van der Waals surface area contributed by atoms with E-state index in [1.807, 2.05) is 72.8 Å². The van der Waals surface area contributed by atoms with Gasteiger partial charge in [0, 0.05) is 13.0 Å². The van der Waals surface area contributed by atoms with Gasteiger partial charge in [0.05, 0.1) is 18.7 Å². The summed E-state index contributed by atoms with van der Waals surface area (Å²) < 4.78 is 6.08. The molecule has 1 amide bonds. The molecule has 38 heavy (non-hydrogen) atoms. The number of benzene rings is 4. The van der Waals surface area contributed by atoms with Crippen molar-refractivity contribution >= 4 is 12.0 Å². The first-order chi connectivity index (χ1) is 18.7. The minimum atomic E-state index is -0.107. The summed E-state index contributed by atoms with van der Waals surface area (Å²) in [7, 11) is 0. The average molecular weight is 504 g/mol. The molecular formula is C35H37NO2. The minimum Gasteiger partial charge on any atom is -0.377 e. The van der Waals surface area contributed by atoms with Crippen LogP contribution in [0, 0.1) is 0 Å². The predicted molar refractivity (Wildman–Crippen MR) is 156 cm³/mol. The molecule has 0 bridgehead atoms. The second-order valence-corrected chi connectivity index (χ2v) is 9.54. The molecule has 4 aromatic carbocycles. The van der Waals surface area contributed by atoms with Crippen LogP contribution in [0.15, 0.2) is 127 Å². The highest BCUT2D eigenvalue weighted by Gasteiger charge is 2.27. The van der Waals surface area contributed by atoms with Crippen LogP contribution in [0.1, 0.15) is 48.1 Å². The van der Waals surface area contributed by atoms with Crippen molar-refractivity contribution < 1.29 is 9.53 Å². The molecule has 4 aromatic rings. The fourth-order valence-corrected chi connectivity index (χ4v) is 4.69. The summed E-state index contributed by atoms with van der Waals surface area (Å²) in [5.74, 6) is 0.149. The maximum atomic E-state index is 13.9. The second-order valence-electron chi connectivity index (χ2n) is 9.54. The lowest BCUT2D eigenvalue weighted by atomic mass is 10.0. The number of rotatable bonds is 13. The van der Waals surface area contributed by atoms with Crippen LogP contribution in [-0.2, 0) is 22.6 Å². The molecule has 0 aliphatic heterocycles. The SMILES string of the molecule is C[C@H](c1ccccc1)N(C(=O)CCc1ccccc1)[C@H](/C=C/c1ccccc1)CCOCc1ccccc1. The Morgan fingerprint density at radius 1 is 0.763 bits per heavy atom. The largest absolute Gasteiger partial charge is 0.377 e. The van der Waals surface area contributed by atoms with Gasteiger partial charge in [0.2, 0.25) is 5.91 Å². The number of hydrogen-bond donors (Lipinski definition) is 0. The lowest BCUT2D eigenvalue weighted by Gasteiger charge is -2.36. The van der Waals surface area contributed by atoms with E-state index in [0.717, 1.165) is 23.1 Å². The molecule has 194 valence electrons. The van der Waals surface area contributed by atoms with Crippen molar-refractivity contribution in [2.24, 2.45) is 0 Å². The van der Waals surface area contributed by atoms with E-state index in [-0.39, 0.29) is 18.0 Å². The zero-order valence-corrected chi connectivity index (χ0v) is 22.2. The molecule has 0 heterocycles. The van der Waals surface area contributed by atoms with Crippen LogP contribution in [0.2, 0.25) is 0 Å². The molecule has 3 nitrogen and oxygen atoms in total. The van der Waals surface area contributed by atoms with Crippen molar-refractivity contribution in [2.45, 2.75) is 44.9 Å². The fraction of sp³-hybridized carbons (Fsp3) is 0.229. The smallest absolute Gasteiger partial charge is 0.223 e. The summed E-state index contributed by atoms with van der Waals surface area (Å²) in [6.45, 7) is 3.25. The molecule has 0 radical (unpaired) electrons. The number of aryl methyl sites for hydroxylation is 1. The Bertz CT molecular complexity index is 1240. The van der Waals surface area contributed by atoms with E-state index < -0.39 is 0 Å². The monoisotopic (exact) mass is 503 g/mol. The van der Waals surface area contributed by atoms with Crippen LogP contribution in [0.3, 0.4) is 0 Å². The average Bonchev–Trinajstić information content (AvgIpc) is 2.98. The van der Waals surface area contributed by atoms with Crippen molar-refractivity contribution in [1.82, 2.24) is 4.90 Å². The van der Waals surface area contributed by atoms with E-state index in [9.17, 15) is 4.79 Å². The number of carbonyl (C=O) groups excluding carboxylic acids is 1. The second kappa shape index (κ2) is 14.7. The van der Waals surface area contributed by atoms with Gasteiger partial charge in [-0.25, -0.2) is 0 Å². The fourth-order valence-electron chi connectivity index (χ4n) is 4.69. The summed E-state index contributed by atoms with van der Waals surface area (Å²) >= 11 is 0. The highest BCUT2D eigenvalue weighted by Crippen LogP contribution is 2.27. The van der Waals surface area contributed by atoms with E-state index in [2.05, 4.69) is 72.5 Å². The Kier molecular flexibility index (Phi) is 10.5. The van der Waals surface area contributed by atoms with Crippen LogP contribution in [0.5, 0.6) is 0 Å². The summed E-state index contributed by atoms with van der Waals surface area (Å²) in [6.07, 6.45) is 6.18. The lowest BCUT2D eigenvalue weighted by molar-refractivity contribution is -0.135. The normalized spacial score (nSPS) is 12.8. The van der Waals surface area contributed by atoms with Gasteiger partial charge in [0.1, 0.15) is 0 Å². The predicted octanol–water partition coefficient (Wildman–Crippen LogP) is 7.90. The number of nitrogens with zero attached hydrogens (tertiary/aromatic N) is 1. The van der Waals surface area contributed by atoms with Gasteiger partial charge < -0.3 is 9.64 Å². The Morgan fingerprint density at radius 2 is 1.32 bits per heavy atom. The maximum absolute atomic E-state index is 13.9. The van der Waals surface area contributed by atoms with Gasteiger partial charge in [-0.3, -0.25) is 4.79 Å². The number of carbonyl (C=O) groups is 1. The first-order valence-corrected chi connectivity index (χ1v) is 13.5. The van der Waals surface area contributed by atoms with Gasteiger partial charge >= 0.3 is 0 Å². The minimum absolute atomic E-state index is 0.0704. The van der Waals surface area contributed by atoms with Crippen molar-refractivity contribution in [3.05, 3.63) is 150 Å². The van der Waals surface area contributed by atoms with E-state index >= 15 is 0 Å². The number of hydrogen-bond acceptors (Lipinski definition) is 2. The number of ether oxygens (including phenoxy) is 1. The Balaban J connectivity index is 1.56. The molecular weight excluding hydrogens is 466 g/mol. The van der Waals surface area contributed by atoms with Crippen LogP contribution in [-0.4, -0.2) is 23.5 Å². The molecule has 0 aliphatic carbocycles. The molecule has 0 aromatic heterocycles. The Hall–Kier alpha value is -3.95. The summed E-state index contributed by atoms with van der Waals surface area (Å²) in [6, 6.07) is 40.8. The van der Waals surface area contributed by atoms with Gasteiger partial charge in [-0.05, 0) is 42.0 Å². The first-order valence-electron chi connectivity index (χ1n) is 13.5. The van der Waals surface area contributed by atoms with Crippen molar-refractivity contribution in [2.75, 3.05) is 6.61 Å². The lowest BCUT2D eigenvalue weighted by Crippen LogP contribution is -2.42. The Labute approximate surface area is 227 Å². The van der Waals surface area contributed by atoms with Crippen LogP contribution in [0.25, 0.3) is 6.08 Å². The highest BCUT2D eigenvalue weighted by atomic mass is 16.5. The van der Waals surface area contributed by atoms with Crippen molar-refractivity contribution in [1.29, 1.82) is 0 Å². The van der Waals surface area contributed by atoms with Gasteiger partial charge in [-0.2, -0.15) is 0 Å². The zero-order chi connectivity index (χ0) is 26.4. The van der Waals surface area contributed by atoms with Crippen LogP contribution < -0.4 is 0 Å². The molecule has 0 aliphatic rings. The summed E-state index contributed by atoms with van der Waals surface area (Å²) in [5, 5.41) is 0. The molecule has 0 saturated carbocycles. The van der Waals surface area contributed by atoms with Crippen LogP contribution in [0.4, 0.5) is 0 Å². The molecule has 0 unspecified atom stereocenters. The zero-order valence-electron chi connectivity index (χ0n) is 22.2. The summed E-state index contributed by atoms with van der Waals surface area (Å²) in [4.78, 5) is 15.9. The topological polar surface area (TPSA) is 29.5 Å². The third-order valence-electron chi connectivity index (χ3n) is 6.79.